The molecular weight excluding hydrogens is 273 g/mol. The van der Waals surface area contributed by atoms with Crippen LogP contribution in [0.2, 0.25) is 0 Å². The zero-order valence-corrected chi connectivity index (χ0v) is 14.3. The summed E-state index contributed by atoms with van der Waals surface area (Å²) in [5.74, 6) is 0.150. The van der Waals surface area contributed by atoms with Gasteiger partial charge < -0.3 is 9.84 Å². The topological polar surface area (TPSA) is 58.6 Å². The molecule has 0 spiro atoms. The molecule has 5 heteroatoms. The number of esters is 1. The second-order valence-electron chi connectivity index (χ2n) is 3.94. The zero-order valence-electron chi connectivity index (χ0n) is 13.3. The van der Waals surface area contributed by atoms with Crippen LogP contribution >= 0.6 is 8.73 Å². The molecule has 0 aliphatic carbocycles. The number of phenolic OH excluding ortho intramolecular Hbond substituents is 1. The summed E-state index contributed by atoms with van der Waals surface area (Å²) in [5.41, 5.74) is 0. The number of phenols is 1. The Morgan fingerprint density at radius 1 is 1.20 bits per heavy atom. The molecule has 116 valence electrons. The number of ether oxygens (including phenoxy) is 1. The van der Waals surface area contributed by atoms with E-state index in [1.165, 1.54) is 0 Å². The molecule has 2 atom stereocenters. The molecular formula is C15H28NO3P. The number of rotatable bonds is 4. The fourth-order valence-electron chi connectivity index (χ4n) is 1.04. The number of hydrogen-bond acceptors (Lipinski definition) is 4. The monoisotopic (exact) mass is 301 g/mol. The van der Waals surface area contributed by atoms with Gasteiger partial charge in [0.2, 0.25) is 0 Å². The molecule has 0 bridgehead atoms. The predicted octanol–water partition coefficient (Wildman–Crippen LogP) is 3.56. The molecule has 1 unspecified atom stereocenters. The third-order valence-electron chi connectivity index (χ3n) is 1.82. The molecule has 0 amide bonds. The number of aromatic hydroxyl groups is 1. The first-order chi connectivity index (χ1) is 9.47. The van der Waals surface area contributed by atoms with E-state index in [-0.39, 0.29) is 18.1 Å². The van der Waals surface area contributed by atoms with Crippen LogP contribution in [-0.2, 0) is 9.53 Å². The van der Waals surface area contributed by atoms with Gasteiger partial charge in [0.1, 0.15) is 11.8 Å². The molecule has 1 rings (SSSR count). The van der Waals surface area contributed by atoms with E-state index in [9.17, 15) is 4.79 Å². The molecule has 0 saturated carbocycles. The molecule has 0 aliphatic rings. The molecule has 2 N–H and O–H groups in total. The van der Waals surface area contributed by atoms with E-state index in [1.54, 1.807) is 31.2 Å². The standard InChI is InChI=1S/C7H16NO2P.C6H6O.C2H6/c1-5(2)10-7(9)6(3)8-11-4;7-6-4-2-1-3-5-6;1-2/h5-6,8,11H,1-4H3;1-5,7H;1-2H3/t6-;;/m0../s1. The minimum Gasteiger partial charge on any atom is -0.508 e. The van der Waals surface area contributed by atoms with Crippen molar-refractivity contribution in [3.8, 4) is 5.75 Å². The van der Waals surface area contributed by atoms with Crippen LogP contribution in [0, 0.1) is 0 Å². The van der Waals surface area contributed by atoms with Crippen molar-refractivity contribution in [1.29, 1.82) is 0 Å². The highest BCUT2D eigenvalue weighted by Gasteiger charge is 2.13. The number of hydrogen-bond donors (Lipinski definition) is 2. The van der Waals surface area contributed by atoms with Gasteiger partial charge in [0.25, 0.3) is 0 Å². The van der Waals surface area contributed by atoms with Crippen LogP contribution in [0.15, 0.2) is 30.3 Å². The molecule has 0 heterocycles. The predicted molar refractivity (Wildman–Crippen MR) is 87.5 cm³/mol. The number of carbonyl (C=O) groups is 1. The van der Waals surface area contributed by atoms with Crippen molar-refractivity contribution in [3.63, 3.8) is 0 Å². The van der Waals surface area contributed by atoms with Gasteiger partial charge in [0.15, 0.2) is 0 Å². The maximum absolute atomic E-state index is 11.1. The second-order valence-corrected chi connectivity index (χ2v) is 4.73. The Hall–Kier alpha value is -1.12. The Bertz CT molecular complexity index is 331. The maximum atomic E-state index is 11.1. The van der Waals surface area contributed by atoms with Gasteiger partial charge in [0, 0.05) is 0 Å². The van der Waals surface area contributed by atoms with E-state index in [4.69, 9.17) is 9.84 Å². The van der Waals surface area contributed by atoms with Gasteiger partial charge in [-0.3, -0.25) is 9.88 Å². The smallest absolute Gasteiger partial charge is 0.323 e. The highest BCUT2D eigenvalue weighted by Crippen LogP contribution is 2.03. The average molecular weight is 301 g/mol. The van der Waals surface area contributed by atoms with Gasteiger partial charge in [-0.25, -0.2) is 0 Å². The van der Waals surface area contributed by atoms with Crippen molar-refractivity contribution in [2.24, 2.45) is 0 Å². The van der Waals surface area contributed by atoms with Crippen LogP contribution in [0.4, 0.5) is 0 Å². The Morgan fingerprint density at radius 3 is 2.00 bits per heavy atom. The van der Waals surface area contributed by atoms with Crippen LogP contribution in [0.1, 0.15) is 34.6 Å². The summed E-state index contributed by atoms with van der Waals surface area (Å²) >= 11 is 0. The van der Waals surface area contributed by atoms with E-state index in [0.717, 1.165) is 0 Å². The summed E-state index contributed by atoms with van der Waals surface area (Å²) in [4.78, 5) is 11.1. The number of benzene rings is 1. The summed E-state index contributed by atoms with van der Waals surface area (Å²) < 4.78 is 4.97. The molecule has 4 nitrogen and oxygen atoms in total. The van der Waals surface area contributed by atoms with Crippen molar-refractivity contribution in [3.05, 3.63) is 30.3 Å². The summed E-state index contributed by atoms with van der Waals surface area (Å²) in [7, 11) is 0.577. The molecule has 0 aliphatic heterocycles. The summed E-state index contributed by atoms with van der Waals surface area (Å²) in [5, 5.41) is 11.6. The second kappa shape index (κ2) is 14.3. The summed E-state index contributed by atoms with van der Waals surface area (Å²) in [6.45, 7) is 11.5. The van der Waals surface area contributed by atoms with Gasteiger partial charge in [0.05, 0.1) is 6.10 Å². The molecule has 0 aromatic heterocycles. The maximum Gasteiger partial charge on any atom is 0.323 e. The highest BCUT2D eigenvalue weighted by molar-refractivity contribution is 7.34. The average Bonchev–Trinajstić information content (AvgIpc) is 2.42. The molecule has 1 aromatic rings. The molecule has 0 fully saturated rings. The van der Waals surface area contributed by atoms with Crippen LogP contribution in [0.5, 0.6) is 5.75 Å². The summed E-state index contributed by atoms with van der Waals surface area (Å²) in [6, 6.07) is 8.53. The van der Waals surface area contributed by atoms with Crippen molar-refractivity contribution < 1.29 is 14.6 Å². The number of para-hydroxylation sites is 1. The molecule has 0 saturated heterocycles. The first-order valence-electron chi connectivity index (χ1n) is 6.84. The first kappa shape index (κ1) is 21.2. The Kier molecular flexibility index (Phi) is 15.1. The van der Waals surface area contributed by atoms with E-state index >= 15 is 0 Å². The minimum atomic E-state index is -0.180. The molecule has 1 aromatic carbocycles. The number of carbonyl (C=O) groups excluding carboxylic acids is 1. The SMILES string of the molecule is CC.CPN[C@@H](C)C(=O)OC(C)C.Oc1ccccc1. The van der Waals surface area contributed by atoms with Crippen LogP contribution in [0.25, 0.3) is 0 Å². The van der Waals surface area contributed by atoms with E-state index < -0.39 is 0 Å². The van der Waals surface area contributed by atoms with Crippen LogP contribution in [0.3, 0.4) is 0 Å². The Labute approximate surface area is 124 Å². The number of nitrogens with one attached hydrogen (secondary N) is 1. The van der Waals surface area contributed by atoms with E-state index in [2.05, 4.69) is 5.09 Å². The fourth-order valence-corrected chi connectivity index (χ4v) is 1.59. The lowest BCUT2D eigenvalue weighted by Gasteiger charge is -2.13. The highest BCUT2D eigenvalue weighted by atomic mass is 31.1. The zero-order chi connectivity index (χ0) is 16.0. The van der Waals surface area contributed by atoms with Crippen LogP contribution < -0.4 is 5.09 Å². The van der Waals surface area contributed by atoms with Crippen molar-refractivity contribution in [1.82, 2.24) is 5.09 Å². The van der Waals surface area contributed by atoms with Gasteiger partial charge in [-0.2, -0.15) is 0 Å². The lowest BCUT2D eigenvalue weighted by molar-refractivity contribution is -0.148. The van der Waals surface area contributed by atoms with E-state index in [0.29, 0.717) is 14.5 Å². The van der Waals surface area contributed by atoms with Gasteiger partial charge in [-0.1, -0.05) is 40.8 Å². The summed E-state index contributed by atoms with van der Waals surface area (Å²) in [6.07, 6.45) is -0.0214. The normalized spacial score (nSPS) is 11.2. The first-order valence-corrected chi connectivity index (χ1v) is 8.34. The minimum absolute atomic E-state index is 0.0214. The largest absolute Gasteiger partial charge is 0.508 e. The van der Waals surface area contributed by atoms with Gasteiger partial charge in [-0.15, -0.1) is 0 Å². The van der Waals surface area contributed by atoms with Gasteiger partial charge >= 0.3 is 5.97 Å². The Morgan fingerprint density at radius 2 is 1.70 bits per heavy atom. The van der Waals surface area contributed by atoms with Crippen molar-refractivity contribution >= 4 is 14.7 Å². The van der Waals surface area contributed by atoms with Gasteiger partial charge in [-0.05, 0) is 39.6 Å². The quantitative estimate of drug-likeness (QED) is 0.659. The third-order valence-corrected chi connectivity index (χ3v) is 2.54. The van der Waals surface area contributed by atoms with E-state index in [1.807, 2.05) is 40.4 Å². The lowest BCUT2D eigenvalue weighted by atomic mass is 10.3. The molecule has 20 heavy (non-hydrogen) atoms. The fraction of sp³-hybridized carbons (Fsp3) is 0.533. The molecule has 0 radical (unpaired) electrons. The van der Waals surface area contributed by atoms with Crippen LogP contribution in [-0.4, -0.2) is 29.9 Å². The lowest BCUT2D eigenvalue weighted by Crippen LogP contribution is -2.31. The third kappa shape index (κ3) is 13.3. The van der Waals surface area contributed by atoms with Crippen molar-refractivity contribution in [2.45, 2.75) is 46.8 Å². The van der Waals surface area contributed by atoms with Crippen molar-refractivity contribution in [2.75, 3.05) is 6.66 Å². The Balaban J connectivity index is 0.